The second-order valence-electron chi connectivity index (χ2n) is 5.73. The van der Waals surface area contributed by atoms with Crippen LogP contribution in [0.2, 0.25) is 0 Å². The van der Waals surface area contributed by atoms with Crippen molar-refractivity contribution in [2.75, 3.05) is 20.1 Å². The number of likely N-dealkylation sites (N-methyl/N-ethyl adjacent to an activating group) is 1. The van der Waals surface area contributed by atoms with E-state index in [0.29, 0.717) is 18.0 Å². The van der Waals surface area contributed by atoms with Gasteiger partial charge in [-0.15, -0.1) is 0 Å². The Morgan fingerprint density at radius 2 is 1.70 bits per heavy atom. The molecule has 1 aliphatic rings. The quantitative estimate of drug-likeness (QED) is 0.927. The van der Waals surface area contributed by atoms with Crippen molar-refractivity contribution in [1.29, 1.82) is 0 Å². The van der Waals surface area contributed by atoms with Crippen LogP contribution in [0, 0.1) is 27.7 Å². The van der Waals surface area contributed by atoms with Crippen LogP contribution in [0.5, 0.6) is 0 Å². The van der Waals surface area contributed by atoms with Crippen LogP contribution in [0.4, 0.5) is 0 Å². The number of aryl methyl sites for hydroxylation is 2. The Kier molecular flexibility index (Phi) is 4.23. The summed E-state index contributed by atoms with van der Waals surface area (Å²) in [6.07, 6.45) is 0.874. The monoisotopic (exact) mass is 296 g/mol. The summed E-state index contributed by atoms with van der Waals surface area (Å²) in [5.41, 5.74) is 3.83. The minimum Gasteiger partial charge on any atom is -0.316 e. The number of hydrogen-bond donors (Lipinski definition) is 1. The molecule has 1 aromatic carbocycles. The zero-order valence-corrected chi connectivity index (χ0v) is 13.8. The van der Waals surface area contributed by atoms with E-state index in [9.17, 15) is 8.42 Å². The maximum Gasteiger partial charge on any atom is 0.243 e. The first kappa shape index (κ1) is 15.5. The Morgan fingerprint density at radius 1 is 1.15 bits per heavy atom. The van der Waals surface area contributed by atoms with E-state index in [1.165, 1.54) is 0 Å². The highest BCUT2D eigenvalue weighted by Gasteiger charge is 2.34. The van der Waals surface area contributed by atoms with Gasteiger partial charge in [0.05, 0.1) is 4.90 Å². The molecule has 1 heterocycles. The zero-order chi connectivity index (χ0) is 15.1. The lowest BCUT2D eigenvalue weighted by molar-refractivity contribution is 0.463. The van der Waals surface area contributed by atoms with Gasteiger partial charge in [0.1, 0.15) is 0 Å². The van der Waals surface area contributed by atoms with Crippen LogP contribution in [0.15, 0.2) is 11.0 Å². The molecule has 0 aliphatic carbocycles. The van der Waals surface area contributed by atoms with Crippen LogP contribution < -0.4 is 5.32 Å². The molecule has 112 valence electrons. The zero-order valence-electron chi connectivity index (χ0n) is 12.9. The number of benzene rings is 1. The summed E-state index contributed by atoms with van der Waals surface area (Å²) in [5.74, 6) is 0. The molecule has 0 bridgehead atoms. The number of sulfonamides is 1. The predicted octanol–water partition coefficient (Wildman–Crippen LogP) is 1.90. The molecule has 4 nitrogen and oxygen atoms in total. The van der Waals surface area contributed by atoms with Crippen molar-refractivity contribution in [3.05, 3.63) is 28.3 Å². The number of hydrogen-bond acceptors (Lipinski definition) is 3. The van der Waals surface area contributed by atoms with Crippen molar-refractivity contribution in [2.24, 2.45) is 0 Å². The van der Waals surface area contributed by atoms with E-state index < -0.39 is 10.0 Å². The topological polar surface area (TPSA) is 49.4 Å². The van der Waals surface area contributed by atoms with Gasteiger partial charge >= 0.3 is 0 Å². The Morgan fingerprint density at radius 3 is 2.15 bits per heavy atom. The van der Waals surface area contributed by atoms with Crippen LogP contribution in [0.25, 0.3) is 0 Å². The highest BCUT2D eigenvalue weighted by molar-refractivity contribution is 7.89. The van der Waals surface area contributed by atoms with Crippen LogP contribution in [0.1, 0.15) is 28.7 Å². The van der Waals surface area contributed by atoms with E-state index in [1.807, 2.05) is 34.7 Å². The third-order valence-electron chi connectivity index (χ3n) is 4.45. The van der Waals surface area contributed by atoms with Gasteiger partial charge in [-0.05, 0) is 63.4 Å². The lowest BCUT2D eigenvalue weighted by Crippen LogP contribution is -2.34. The Balaban J connectivity index is 2.51. The molecule has 0 saturated carbocycles. The molecular weight excluding hydrogens is 272 g/mol. The summed E-state index contributed by atoms with van der Waals surface area (Å²) < 4.78 is 27.5. The lowest BCUT2D eigenvalue weighted by Gasteiger charge is -2.21. The minimum atomic E-state index is -3.39. The molecule has 0 aromatic heterocycles. The van der Waals surface area contributed by atoms with E-state index in [-0.39, 0.29) is 6.04 Å². The summed E-state index contributed by atoms with van der Waals surface area (Å²) in [5, 5.41) is 3.16. The fraction of sp³-hybridized carbons (Fsp3) is 0.600. The normalized spacial score (nSPS) is 20.6. The van der Waals surface area contributed by atoms with Gasteiger partial charge < -0.3 is 5.32 Å². The van der Waals surface area contributed by atoms with Crippen LogP contribution in [-0.2, 0) is 10.0 Å². The maximum absolute atomic E-state index is 12.9. The molecule has 1 aromatic rings. The first-order chi connectivity index (χ1) is 9.28. The van der Waals surface area contributed by atoms with E-state index in [2.05, 4.69) is 11.4 Å². The Bertz CT molecular complexity index is 597. The van der Waals surface area contributed by atoms with Crippen LogP contribution in [0.3, 0.4) is 0 Å². The number of nitrogens with zero attached hydrogens (tertiary/aromatic N) is 1. The standard InChI is InChI=1S/C15H24N2O2S/c1-10-8-11(2)13(4)15(12(10)3)20(18,19)17-7-6-14(9-17)16-5/h8,14,16H,6-7,9H2,1-5H3. The lowest BCUT2D eigenvalue weighted by atomic mass is 10.0. The van der Waals surface area contributed by atoms with E-state index in [4.69, 9.17) is 0 Å². The smallest absolute Gasteiger partial charge is 0.243 e. The summed E-state index contributed by atoms with van der Waals surface area (Å²) >= 11 is 0. The van der Waals surface area contributed by atoms with Gasteiger partial charge in [0.25, 0.3) is 0 Å². The molecule has 20 heavy (non-hydrogen) atoms. The maximum atomic E-state index is 12.9. The molecule has 5 heteroatoms. The fourth-order valence-corrected chi connectivity index (χ4v) is 4.95. The minimum absolute atomic E-state index is 0.260. The molecule has 1 unspecified atom stereocenters. The first-order valence-electron chi connectivity index (χ1n) is 7.04. The fourth-order valence-electron chi connectivity index (χ4n) is 2.88. The van der Waals surface area contributed by atoms with E-state index in [0.717, 1.165) is 28.7 Å². The Labute approximate surface area is 122 Å². The van der Waals surface area contributed by atoms with Gasteiger partial charge in [-0.1, -0.05) is 6.07 Å². The van der Waals surface area contributed by atoms with Gasteiger partial charge in [0, 0.05) is 19.1 Å². The molecule has 1 saturated heterocycles. The summed E-state index contributed by atoms with van der Waals surface area (Å²) in [6, 6.07) is 2.32. The van der Waals surface area contributed by atoms with Crippen molar-refractivity contribution in [1.82, 2.24) is 9.62 Å². The van der Waals surface area contributed by atoms with E-state index >= 15 is 0 Å². The molecule has 0 amide bonds. The van der Waals surface area contributed by atoms with Crippen molar-refractivity contribution >= 4 is 10.0 Å². The van der Waals surface area contributed by atoms with E-state index in [1.54, 1.807) is 4.31 Å². The van der Waals surface area contributed by atoms with Crippen LogP contribution >= 0.6 is 0 Å². The second kappa shape index (κ2) is 5.47. The molecule has 0 spiro atoms. The average Bonchev–Trinajstić information content (AvgIpc) is 2.86. The van der Waals surface area contributed by atoms with Crippen molar-refractivity contribution in [2.45, 2.75) is 45.1 Å². The molecule has 1 fully saturated rings. The molecule has 2 rings (SSSR count). The summed E-state index contributed by atoms with van der Waals surface area (Å²) in [6.45, 7) is 8.91. The number of rotatable bonds is 3. The third-order valence-corrected chi connectivity index (χ3v) is 6.59. The summed E-state index contributed by atoms with van der Waals surface area (Å²) in [7, 11) is -1.51. The predicted molar refractivity (Wildman–Crippen MR) is 81.6 cm³/mol. The molecule has 0 radical (unpaired) electrons. The number of nitrogens with one attached hydrogen (secondary N) is 1. The third kappa shape index (κ3) is 2.50. The van der Waals surface area contributed by atoms with Gasteiger partial charge in [0.15, 0.2) is 0 Å². The Hall–Kier alpha value is -0.910. The van der Waals surface area contributed by atoms with Crippen molar-refractivity contribution < 1.29 is 8.42 Å². The molecule has 1 atom stereocenters. The average molecular weight is 296 g/mol. The van der Waals surface area contributed by atoms with Gasteiger partial charge in [-0.2, -0.15) is 4.31 Å². The molecule has 1 N–H and O–H groups in total. The van der Waals surface area contributed by atoms with Crippen LogP contribution in [-0.4, -0.2) is 38.9 Å². The van der Waals surface area contributed by atoms with Crippen molar-refractivity contribution in [3.8, 4) is 0 Å². The highest BCUT2D eigenvalue weighted by atomic mass is 32.2. The van der Waals surface area contributed by atoms with Gasteiger partial charge in [0.2, 0.25) is 10.0 Å². The highest BCUT2D eigenvalue weighted by Crippen LogP contribution is 2.30. The second-order valence-corrected chi connectivity index (χ2v) is 7.60. The largest absolute Gasteiger partial charge is 0.316 e. The first-order valence-corrected chi connectivity index (χ1v) is 8.48. The summed E-state index contributed by atoms with van der Waals surface area (Å²) in [4.78, 5) is 0.506. The molecular formula is C15H24N2O2S. The van der Waals surface area contributed by atoms with Gasteiger partial charge in [-0.3, -0.25) is 0 Å². The molecule has 1 aliphatic heterocycles. The van der Waals surface area contributed by atoms with Gasteiger partial charge in [-0.25, -0.2) is 8.42 Å². The van der Waals surface area contributed by atoms with Crippen molar-refractivity contribution in [3.63, 3.8) is 0 Å². The SMILES string of the molecule is CNC1CCN(S(=O)(=O)c2c(C)c(C)cc(C)c2C)C1.